The van der Waals surface area contributed by atoms with E-state index in [0.29, 0.717) is 0 Å². The van der Waals surface area contributed by atoms with Gasteiger partial charge in [0.15, 0.2) is 0 Å². The number of amides is 1. The van der Waals surface area contributed by atoms with E-state index in [0.717, 1.165) is 38.3 Å². The molecule has 110 valence electrons. The van der Waals surface area contributed by atoms with Crippen molar-refractivity contribution in [1.82, 2.24) is 10.2 Å². The van der Waals surface area contributed by atoms with Crippen molar-refractivity contribution in [1.29, 1.82) is 0 Å². The molecule has 0 aromatic heterocycles. The zero-order valence-corrected chi connectivity index (χ0v) is 12.6. The molecule has 1 aliphatic rings. The van der Waals surface area contributed by atoms with E-state index < -0.39 is 0 Å². The molecule has 1 N–H and O–H groups in total. The first kappa shape index (κ1) is 14.9. The average molecular weight is 276 g/mol. The number of hydrogen-bond acceptors (Lipinski definition) is 3. The summed E-state index contributed by atoms with van der Waals surface area (Å²) in [7, 11) is 1.66. The lowest BCUT2D eigenvalue weighted by atomic mass is 9.84. The van der Waals surface area contributed by atoms with Crippen LogP contribution >= 0.6 is 0 Å². The van der Waals surface area contributed by atoms with Crippen LogP contribution in [0.1, 0.15) is 19.4 Å². The number of ether oxygens (including phenoxy) is 1. The van der Waals surface area contributed by atoms with Crippen LogP contribution in [0.4, 0.5) is 0 Å². The molecule has 0 unspecified atom stereocenters. The summed E-state index contributed by atoms with van der Waals surface area (Å²) in [5, 5.41) is 3.28. The van der Waals surface area contributed by atoms with Crippen LogP contribution in [-0.2, 0) is 11.2 Å². The minimum atomic E-state index is -0.369. The Morgan fingerprint density at radius 2 is 1.85 bits per heavy atom. The highest BCUT2D eigenvalue weighted by atomic mass is 16.5. The van der Waals surface area contributed by atoms with Crippen LogP contribution in [-0.4, -0.2) is 44.1 Å². The number of nitrogens with zero attached hydrogens (tertiary/aromatic N) is 1. The van der Waals surface area contributed by atoms with Crippen molar-refractivity contribution in [2.24, 2.45) is 5.41 Å². The van der Waals surface area contributed by atoms with Crippen molar-refractivity contribution in [2.75, 3.05) is 33.3 Å². The SMILES string of the molecule is COc1ccc(CC(C)(C)C(=O)N2CCNCC2)cc1. The van der Waals surface area contributed by atoms with Crippen LogP contribution in [0.25, 0.3) is 0 Å². The van der Waals surface area contributed by atoms with Crippen LogP contribution in [0.2, 0.25) is 0 Å². The van der Waals surface area contributed by atoms with E-state index in [4.69, 9.17) is 4.74 Å². The van der Waals surface area contributed by atoms with Gasteiger partial charge >= 0.3 is 0 Å². The maximum absolute atomic E-state index is 12.6. The summed E-state index contributed by atoms with van der Waals surface area (Å²) in [6.07, 6.45) is 0.750. The molecule has 0 atom stereocenters. The fourth-order valence-corrected chi connectivity index (χ4v) is 2.63. The van der Waals surface area contributed by atoms with Gasteiger partial charge in [0, 0.05) is 31.6 Å². The molecular weight excluding hydrogens is 252 g/mol. The van der Waals surface area contributed by atoms with Gasteiger partial charge in [0.25, 0.3) is 0 Å². The monoisotopic (exact) mass is 276 g/mol. The Morgan fingerprint density at radius 3 is 2.40 bits per heavy atom. The predicted octanol–water partition coefficient (Wildman–Crippen LogP) is 1.70. The minimum absolute atomic E-state index is 0.245. The molecular formula is C16H24N2O2. The van der Waals surface area contributed by atoms with Crippen LogP contribution in [0.5, 0.6) is 5.75 Å². The van der Waals surface area contributed by atoms with Gasteiger partial charge in [-0.25, -0.2) is 0 Å². The molecule has 4 heteroatoms. The Balaban J connectivity index is 2.02. The van der Waals surface area contributed by atoms with Crippen LogP contribution in [0, 0.1) is 5.41 Å². The maximum atomic E-state index is 12.6. The van der Waals surface area contributed by atoms with E-state index in [2.05, 4.69) is 5.32 Å². The molecule has 0 radical (unpaired) electrons. The standard InChI is InChI=1S/C16H24N2O2/c1-16(2,15(19)18-10-8-17-9-11-18)12-13-4-6-14(20-3)7-5-13/h4-7,17H,8-12H2,1-3H3. The van der Waals surface area contributed by atoms with Gasteiger partial charge in [0.1, 0.15) is 5.75 Å². The molecule has 0 aliphatic carbocycles. The highest BCUT2D eigenvalue weighted by Crippen LogP contribution is 2.26. The van der Waals surface area contributed by atoms with Gasteiger partial charge in [0.05, 0.1) is 7.11 Å². The summed E-state index contributed by atoms with van der Waals surface area (Å²) in [5.41, 5.74) is 0.797. The summed E-state index contributed by atoms with van der Waals surface area (Å²) >= 11 is 0. The fraction of sp³-hybridized carbons (Fsp3) is 0.562. The molecule has 0 saturated carbocycles. The van der Waals surface area contributed by atoms with Crippen molar-refractivity contribution >= 4 is 5.91 Å². The summed E-state index contributed by atoms with van der Waals surface area (Å²) in [4.78, 5) is 14.6. The Hall–Kier alpha value is -1.55. The normalized spacial score (nSPS) is 16.1. The molecule has 0 bridgehead atoms. The number of nitrogens with one attached hydrogen (secondary N) is 1. The number of carbonyl (C=O) groups is 1. The molecule has 2 rings (SSSR count). The molecule has 1 aromatic carbocycles. The summed E-state index contributed by atoms with van der Waals surface area (Å²) in [5.74, 6) is 1.09. The van der Waals surface area contributed by atoms with Gasteiger partial charge in [-0.15, -0.1) is 0 Å². The number of hydrogen-bond donors (Lipinski definition) is 1. The minimum Gasteiger partial charge on any atom is -0.497 e. The van der Waals surface area contributed by atoms with Crippen molar-refractivity contribution < 1.29 is 9.53 Å². The van der Waals surface area contributed by atoms with Gasteiger partial charge in [-0.05, 0) is 24.1 Å². The van der Waals surface area contributed by atoms with E-state index in [1.165, 1.54) is 5.56 Å². The molecule has 20 heavy (non-hydrogen) atoms. The average Bonchev–Trinajstić information content (AvgIpc) is 2.48. The molecule has 1 saturated heterocycles. The Labute approximate surface area is 121 Å². The van der Waals surface area contributed by atoms with Crippen LogP contribution < -0.4 is 10.1 Å². The van der Waals surface area contributed by atoms with Gasteiger partial charge in [-0.3, -0.25) is 4.79 Å². The second kappa shape index (κ2) is 6.27. The Morgan fingerprint density at radius 1 is 1.25 bits per heavy atom. The molecule has 0 spiro atoms. The van der Waals surface area contributed by atoms with Crippen molar-refractivity contribution in [3.8, 4) is 5.75 Å². The third kappa shape index (κ3) is 3.51. The van der Waals surface area contributed by atoms with Crippen molar-refractivity contribution in [3.63, 3.8) is 0 Å². The number of rotatable bonds is 4. The second-order valence-electron chi connectivity index (χ2n) is 5.95. The molecule has 4 nitrogen and oxygen atoms in total. The van der Waals surface area contributed by atoms with Gasteiger partial charge in [0.2, 0.25) is 5.91 Å². The van der Waals surface area contributed by atoms with E-state index in [1.54, 1.807) is 7.11 Å². The van der Waals surface area contributed by atoms with Gasteiger partial charge in [-0.1, -0.05) is 26.0 Å². The maximum Gasteiger partial charge on any atom is 0.228 e. The van der Waals surface area contributed by atoms with Gasteiger partial charge < -0.3 is 15.0 Å². The van der Waals surface area contributed by atoms with E-state index >= 15 is 0 Å². The first-order valence-electron chi connectivity index (χ1n) is 7.16. The van der Waals surface area contributed by atoms with Crippen molar-refractivity contribution in [3.05, 3.63) is 29.8 Å². The second-order valence-corrected chi connectivity index (χ2v) is 5.95. The zero-order chi connectivity index (χ0) is 14.6. The van der Waals surface area contributed by atoms with Crippen LogP contribution in [0.15, 0.2) is 24.3 Å². The summed E-state index contributed by atoms with van der Waals surface area (Å²) < 4.78 is 5.16. The first-order chi connectivity index (χ1) is 9.53. The fourth-order valence-electron chi connectivity index (χ4n) is 2.63. The topological polar surface area (TPSA) is 41.6 Å². The van der Waals surface area contributed by atoms with E-state index in [1.807, 2.05) is 43.0 Å². The summed E-state index contributed by atoms with van der Waals surface area (Å²) in [6, 6.07) is 7.96. The quantitative estimate of drug-likeness (QED) is 0.910. The number of carbonyl (C=O) groups excluding carboxylic acids is 1. The lowest BCUT2D eigenvalue weighted by Gasteiger charge is -2.34. The lowest BCUT2D eigenvalue weighted by Crippen LogP contribution is -2.51. The zero-order valence-electron chi connectivity index (χ0n) is 12.6. The van der Waals surface area contributed by atoms with E-state index in [9.17, 15) is 4.79 Å². The number of piperazine rings is 1. The largest absolute Gasteiger partial charge is 0.497 e. The number of benzene rings is 1. The van der Waals surface area contributed by atoms with Gasteiger partial charge in [-0.2, -0.15) is 0 Å². The molecule has 1 fully saturated rings. The van der Waals surface area contributed by atoms with Crippen LogP contribution in [0.3, 0.4) is 0 Å². The third-order valence-corrected chi connectivity index (χ3v) is 3.79. The summed E-state index contributed by atoms with van der Waals surface area (Å²) in [6.45, 7) is 7.47. The highest BCUT2D eigenvalue weighted by molar-refractivity contribution is 5.82. The third-order valence-electron chi connectivity index (χ3n) is 3.79. The Bertz CT molecular complexity index is 448. The highest BCUT2D eigenvalue weighted by Gasteiger charge is 2.32. The molecule has 1 amide bonds. The molecule has 1 aromatic rings. The van der Waals surface area contributed by atoms with Crippen molar-refractivity contribution in [2.45, 2.75) is 20.3 Å². The number of methoxy groups -OCH3 is 1. The Kier molecular flexibility index (Phi) is 4.65. The molecule has 1 heterocycles. The van der Waals surface area contributed by atoms with E-state index in [-0.39, 0.29) is 11.3 Å². The lowest BCUT2D eigenvalue weighted by molar-refractivity contribution is -0.140. The predicted molar refractivity (Wildman–Crippen MR) is 79.9 cm³/mol. The smallest absolute Gasteiger partial charge is 0.228 e. The first-order valence-corrected chi connectivity index (χ1v) is 7.16. The molecule has 1 aliphatic heterocycles.